The molecule has 1 heterocycles. The number of carbonyl (C=O) groups is 1. The van der Waals surface area contributed by atoms with Gasteiger partial charge in [-0.25, -0.2) is 14.2 Å². The summed E-state index contributed by atoms with van der Waals surface area (Å²) >= 11 is 6.03. The molecule has 0 saturated carbocycles. The molecular formula is C20H15ClFNO3. The quantitative estimate of drug-likeness (QED) is 0.697. The first-order valence-corrected chi connectivity index (χ1v) is 8.17. The lowest BCUT2D eigenvalue weighted by Crippen LogP contribution is -2.02. The van der Waals surface area contributed by atoms with Crippen LogP contribution in [-0.2, 0) is 6.42 Å². The second-order valence-corrected chi connectivity index (χ2v) is 6.10. The number of carboxylic acids is 1. The molecule has 0 bridgehead atoms. The summed E-state index contributed by atoms with van der Waals surface area (Å²) in [5, 5.41) is 9.41. The van der Waals surface area contributed by atoms with E-state index in [0.29, 0.717) is 33.0 Å². The highest BCUT2D eigenvalue weighted by molar-refractivity contribution is 6.30. The van der Waals surface area contributed by atoms with Gasteiger partial charge in [0.25, 0.3) is 0 Å². The van der Waals surface area contributed by atoms with Gasteiger partial charge >= 0.3 is 5.97 Å². The van der Waals surface area contributed by atoms with E-state index in [4.69, 9.17) is 21.4 Å². The molecule has 1 aromatic heterocycles. The zero-order valence-electron chi connectivity index (χ0n) is 13.9. The van der Waals surface area contributed by atoms with E-state index >= 15 is 4.39 Å². The summed E-state index contributed by atoms with van der Waals surface area (Å²) in [6, 6.07) is 13.3. The molecule has 0 spiro atoms. The molecule has 3 aromatic rings. The Morgan fingerprint density at radius 1 is 1.23 bits per heavy atom. The van der Waals surface area contributed by atoms with Crippen molar-refractivity contribution in [3.05, 3.63) is 82.4 Å². The number of hydrogen-bond acceptors (Lipinski definition) is 3. The zero-order valence-corrected chi connectivity index (χ0v) is 14.6. The van der Waals surface area contributed by atoms with E-state index in [1.165, 1.54) is 19.4 Å². The van der Waals surface area contributed by atoms with E-state index in [-0.39, 0.29) is 12.1 Å². The molecule has 132 valence electrons. The number of halogens is 2. The summed E-state index contributed by atoms with van der Waals surface area (Å²) in [7, 11) is 1.48. The molecule has 0 atom stereocenters. The van der Waals surface area contributed by atoms with Gasteiger partial charge in [-0.15, -0.1) is 0 Å². The minimum absolute atomic E-state index is 0.0523. The molecule has 6 heteroatoms. The van der Waals surface area contributed by atoms with E-state index in [1.807, 2.05) is 0 Å². The van der Waals surface area contributed by atoms with E-state index < -0.39 is 11.8 Å². The molecule has 1 N–H and O–H groups in total. The van der Waals surface area contributed by atoms with Crippen LogP contribution in [0.2, 0.25) is 5.02 Å². The third-order valence-electron chi connectivity index (χ3n) is 3.96. The maximum Gasteiger partial charge on any atom is 0.354 e. The van der Waals surface area contributed by atoms with Gasteiger partial charge in [0.1, 0.15) is 17.3 Å². The molecule has 0 saturated heterocycles. The Labute approximate surface area is 154 Å². The molecule has 0 aliphatic carbocycles. The van der Waals surface area contributed by atoms with Crippen LogP contribution in [0.25, 0.3) is 11.1 Å². The van der Waals surface area contributed by atoms with Gasteiger partial charge in [0.05, 0.1) is 12.7 Å². The molecule has 0 amide bonds. The predicted octanol–water partition coefficient (Wildman–Crippen LogP) is 4.84. The van der Waals surface area contributed by atoms with Gasteiger partial charge in [-0.1, -0.05) is 35.9 Å². The number of benzene rings is 2. The summed E-state index contributed by atoms with van der Waals surface area (Å²) in [5.41, 5.74) is 2.06. The van der Waals surface area contributed by atoms with Crippen LogP contribution in [-0.4, -0.2) is 23.2 Å². The number of aromatic carboxylic acids is 1. The van der Waals surface area contributed by atoms with Crippen LogP contribution in [0, 0.1) is 5.82 Å². The van der Waals surface area contributed by atoms with Crippen molar-refractivity contribution >= 4 is 17.6 Å². The number of nitrogens with zero attached hydrogens (tertiary/aromatic N) is 1. The number of carboxylic acid groups (broad SMARTS) is 1. The first-order valence-electron chi connectivity index (χ1n) is 7.79. The second kappa shape index (κ2) is 7.54. The first kappa shape index (κ1) is 17.9. The molecule has 0 aliphatic heterocycles. The number of pyridine rings is 1. The van der Waals surface area contributed by atoms with Crippen LogP contribution >= 0.6 is 11.6 Å². The smallest absolute Gasteiger partial charge is 0.354 e. The lowest BCUT2D eigenvalue weighted by atomic mass is 9.97. The lowest BCUT2D eigenvalue weighted by molar-refractivity contribution is 0.0690. The van der Waals surface area contributed by atoms with Gasteiger partial charge in [-0.05, 0) is 41.0 Å². The van der Waals surface area contributed by atoms with Crippen LogP contribution in [0.3, 0.4) is 0 Å². The third kappa shape index (κ3) is 3.68. The van der Waals surface area contributed by atoms with Crippen molar-refractivity contribution in [2.24, 2.45) is 0 Å². The summed E-state index contributed by atoms with van der Waals surface area (Å²) in [6.07, 6.45) is 1.71. The average molecular weight is 372 g/mol. The molecule has 0 radical (unpaired) electrons. The Morgan fingerprint density at radius 3 is 2.65 bits per heavy atom. The topological polar surface area (TPSA) is 59.4 Å². The van der Waals surface area contributed by atoms with E-state index in [1.54, 1.807) is 42.5 Å². The van der Waals surface area contributed by atoms with Gasteiger partial charge in [-0.2, -0.15) is 0 Å². The summed E-state index contributed by atoms with van der Waals surface area (Å²) in [5.74, 6) is -1.10. The van der Waals surface area contributed by atoms with Gasteiger partial charge in [0, 0.05) is 17.6 Å². The summed E-state index contributed by atoms with van der Waals surface area (Å²) < 4.78 is 20.5. The Bertz CT molecular complexity index is 958. The molecule has 0 fully saturated rings. The van der Waals surface area contributed by atoms with Crippen LogP contribution in [0.4, 0.5) is 4.39 Å². The van der Waals surface area contributed by atoms with Gasteiger partial charge in [-0.3, -0.25) is 0 Å². The minimum atomic E-state index is -1.10. The molecule has 0 aliphatic rings. The molecule has 2 aromatic carbocycles. The van der Waals surface area contributed by atoms with Crippen molar-refractivity contribution in [1.82, 2.24) is 4.98 Å². The van der Waals surface area contributed by atoms with Crippen LogP contribution in [0.15, 0.2) is 54.7 Å². The fourth-order valence-electron chi connectivity index (χ4n) is 2.70. The number of aromatic nitrogens is 1. The highest BCUT2D eigenvalue weighted by Gasteiger charge is 2.17. The molecule has 4 nitrogen and oxygen atoms in total. The van der Waals surface area contributed by atoms with Crippen molar-refractivity contribution in [2.45, 2.75) is 6.42 Å². The van der Waals surface area contributed by atoms with Crippen molar-refractivity contribution < 1.29 is 19.0 Å². The largest absolute Gasteiger partial charge is 0.496 e. The predicted molar refractivity (Wildman–Crippen MR) is 97.4 cm³/mol. The fraction of sp³-hybridized carbons (Fsp3) is 0.100. The standard InChI is InChI=1S/C20H15ClFNO3/c1-26-17-8-6-14(9-12-5-7-16(20(24)25)23-11-12)19(22)18(17)13-3-2-4-15(21)10-13/h2-8,10-11H,9H2,1H3,(H,24,25). The van der Waals surface area contributed by atoms with Crippen molar-refractivity contribution in [2.75, 3.05) is 7.11 Å². The van der Waals surface area contributed by atoms with E-state index in [9.17, 15) is 4.79 Å². The van der Waals surface area contributed by atoms with E-state index in [2.05, 4.69) is 4.98 Å². The highest BCUT2D eigenvalue weighted by Crippen LogP contribution is 2.36. The van der Waals surface area contributed by atoms with Gasteiger partial charge in [0.15, 0.2) is 0 Å². The Morgan fingerprint density at radius 2 is 2.04 bits per heavy atom. The average Bonchev–Trinajstić information content (AvgIpc) is 2.63. The zero-order chi connectivity index (χ0) is 18.7. The second-order valence-electron chi connectivity index (χ2n) is 5.66. The third-order valence-corrected chi connectivity index (χ3v) is 4.19. The van der Waals surface area contributed by atoms with Crippen molar-refractivity contribution in [1.29, 1.82) is 0 Å². The van der Waals surface area contributed by atoms with Crippen molar-refractivity contribution in [3.63, 3.8) is 0 Å². The summed E-state index contributed by atoms with van der Waals surface area (Å²) in [6.45, 7) is 0. The first-order chi connectivity index (χ1) is 12.5. The van der Waals surface area contributed by atoms with Gasteiger partial charge < -0.3 is 9.84 Å². The van der Waals surface area contributed by atoms with Crippen LogP contribution < -0.4 is 4.74 Å². The highest BCUT2D eigenvalue weighted by atomic mass is 35.5. The molecule has 3 rings (SSSR count). The minimum Gasteiger partial charge on any atom is -0.496 e. The van der Waals surface area contributed by atoms with Crippen LogP contribution in [0.5, 0.6) is 5.75 Å². The number of methoxy groups -OCH3 is 1. The maximum absolute atomic E-state index is 15.2. The van der Waals surface area contributed by atoms with Gasteiger partial charge in [0.2, 0.25) is 0 Å². The fourth-order valence-corrected chi connectivity index (χ4v) is 2.89. The SMILES string of the molecule is COc1ccc(Cc2ccc(C(=O)O)nc2)c(F)c1-c1cccc(Cl)c1. The number of ether oxygens (including phenoxy) is 1. The van der Waals surface area contributed by atoms with Crippen molar-refractivity contribution in [3.8, 4) is 16.9 Å². The van der Waals surface area contributed by atoms with Crippen LogP contribution in [0.1, 0.15) is 21.6 Å². The monoisotopic (exact) mass is 371 g/mol. The normalized spacial score (nSPS) is 10.6. The molecule has 0 unspecified atom stereocenters. The lowest BCUT2D eigenvalue weighted by Gasteiger charge is -2.14. The molecular weight excluding hydrogens is 357 g/mol. The Balaban J connectivity index is 2.01. The summed E-state index contributed by atoms with van der Waals surface area (Å²) in [4.78, 5) is 14.7. The maximum atomic E-state index is 15.2. The number of hydrogen-bond donors (Lipinski definition) is 1. The molecule has 26 heavy (non-hydrogen) atoms. The Hall–Kier alpha value is -2.92. The number of rotatable bonds is 5. The Kier molecular flexibility index (Phi) is 5.19. The van der Waals surface area contributed by atoms with E-state index in [0.717, 1.165) is 0 Å².